The van der Waals surface area contributed by atoms with Crippen LogP contribution in [0.4, 0.5) is 0 Å². The van der Waals surface area contributed by atoms with E-state index in [4.69, 9.17) is 19.4 Å². The Morgan fingerprint density at radius 2 is 0.810 bits per heavy atom. The molecule has 0 saturated heterocycles. The van der Waals surface area contributed by atoms with Crippen LogP contribution in [0.25, 0.3) is 122 Å². The normalized spacial score (nSPS) is 11.8. The minimum Gasteiger partial charge on any atom is -0.453 e. The van der Waals surface area contributed by atoms with Gasteiger partial charge in [0, 0.05) is 43.6 Å². The Morgan fingerprint density at radius 3 is 1.51 bits per heavy atom. The molecule has 13 rings (SSSR count). The first-order valence-electron chi connectivity index (χ1n) is 21.2. The maximum atomic E-state index is 7.21. The van der Waals surface area contributed by atoms with Gasteiger partial charge in [-0.25, -0.2) is 4.98 Å². The highest BCUT2D eigenvalue weighted by Gasteiger charge is 2.23. The van der Waals surface area contributed by atoms with Crippen molar-refractivity contribution >= 4 is 65.6 Å². The number of para-hydroxylation sites is 4. The Hall–Kier alpha value is -8.61. The molecule has 0 amide bonds. The number of hydrogen-bond donors (Lipinski definition) is 0. The summed E-state index contributed by atoms with van der Waals surface area (Å²) in [6, 6.07) is 74.3. The lowest BCUT2D eigenvalue weighted by molar-refractivity contribution is 0.671. The van der Waals surface area contributed by atoms with Gasteiger partial charge >= 0.3 is 0 Å². The Morgan fingerprint density at radius 1 is 0.317 bits per heavy atom. The lowest BCUT2D eigenvalue weighted by atomic mass is 10.0. The summed E-state index contributed by atoms with van der Waals surface area (Å²) in [5.74, 6) is 1.64. The van der Waals surface area contributed by atoms with Crippen LogP contribution in [0.15, 0.2) is 217 Å². The second-order valence-electron chi connectivity index (χ2n) is 16.0. The van der Waals surface area contributed by atoms with Crippen molar-refractivity contribution in [2.75, 3.05) is 0 Å². The second-order valence-corrected chi connectivity index (χ2v) is 16.0. The van der Waals surface area contributed by atoms with Crippen LogP contribution in [0, 0.1) is 0 Å². The first-order chi connectivity index (χ1) is 31.2. The number of hydrogen-bond acceptors (Lipinski definition) is 4. The predicted octanol–water partition coefficient (Wildman–Crippen LogP) is 14.6. The zero-order valence-corrected chi connectivity index (χ0v) is 33.9. The predicted molar refractivity (Wildman–Crippen MR) is 258 cm³/mol. The van der Waals surface area contributed by atoms with E-state index in [1.165, 1.54) is 5.56 Å². The van der Waals surface area contributed by atoms with Crippen molar-refractivity contribution in [1.29, 1.82) is 0 Å². The molecule has 4 aromatic heterocycles. The fourth-order valence-electron chi connectivity index (χ4n) is 9.50. The van der Waals surface area contributed by atoms with Gasteiger partial charge in [-0.3, -0.25) is 4.57 Å². The molecular formula is C57H35N5O. The van der Waals surface area contributed by atoms with Crippen LogP contribution in [-0.4, -0.2) is 24.1 Å². The van der Waals surface area contributed by atoms with E-state index in [0.717, 1.165) is 99.1 Å². The highest BCUT2D eigenvalue weighted by atomic mass is 16.3. The number of rotatable bonds is 6. The van der Waals surface area contributed by atoms with Crippen LogP contribution < -0.4 is 0 Å². The monoisotopic (exact) mass is 805 g/mol. The average Bonchev–Trinajstić information content (AvgIpc) is 4.03. The molecule has 13 aromatic rings. The number of furan rings is 1. The van der Waals surface area contributed by atoms with Gasteiger partial charge in [0.15, 0.2) is 17.2 Å². The van der Waals surface area contributed by atoms with Gasteiger partial charge in [0.25, 0.3) is 0 Å². The molecule has 6 nitrogen and oxygen atoms in total. The molecule has 0 fully saturated rings. The van der Waals surface area contributed by atoms with Crippen molar-refractivity contribution < 1.29 is 4.42 Å². The van der Waals surface area contributed by atoms with Gasteiger partial charge in [-0.15, -0.1) is 0 Å². The van der Waals surface area contributed by atoms with E-state index >= 15 is 0 Å². The van der Waals surface area contributed by atoms with Crippen LogP contribution in [0.2, 0.25) is 0 Å². The standard InChI is InChI=1S/C57H35N5O/c1-3-15-36(16-4-1)38-29-31-39(32-30-38)55-58-56(60-57(59-55)62-50-27-11-7-21-42(50)43-22-8-12-28-51(43)62)48-25-14-24-46-47-34-33-45-44-23-9-10-26-49(44)61(52(45)54(47)63-53(46)48)41-20-13-19-40(35-41)37-17-5-2-6-18-37/h1-35H. The lowest BCUT2D eigenvalue weighted by Crippen LogP contribution is -2.06. The van der Waals surface area contributed by atoms with Crippen LogP contribution in [-0.2, 0) is 0 Å². The van der Waals surface area contributed by atoms with Crippen LogP contribution in [0.5, 0.6) is 0 Å². The van der Waals surface area contributed by atoms with Gasteiger partial charge in [-0.05, 0) is 64.7 Å². The molecule has 63 heavy (non-hydrogen) atoms. The van der Waals surface area contributed by atoms with Crippen molar-refractivity contribution in [3.05, 3.63) is 212 Å². The van der Waals surface area contributed by atoms with Crippen molar-refractivity contribution in [3.63, 3.8) is 0 Å². The molecule has 0 atom stereocenters. The molecule has 0 saturated carbocycles. The van der Waals surface area contributed by atoms with Gasteiger partial charge in [0.2, 0.25) is 5.95 Å². The number of nitrogens with zero attached hydrogens (tertiary/aromatic N) is 5. The molecule has 0 unspecified atom stereocenters. The molecule has 4 heterocycles. The summed E-state index contributed by atoms with van der Waals surface area (Å²) in [7, 11) is 0. The van der Waals surface area contributed by atoms with Crippen molar-refractivity contribution in [1.82, 2.24) is 24.1 Å². The van der Waals surface area contributed by atoms with Crippen molar-refractivity contribution in [3.8, 4) is 56.7 Å². The van der Waals surface area contributed by atoms with E-state index in [1.807, 2.05) is 6.07 Å². The molecule has 6 heteroatoms. The molecule has 0 bridgehead atoms. The quantitative estimate of drug-likeness (QED) is 0.168. The molecular weight excluding hydrogens is 771 g/mol. The van der Waals surface area contributed by atoms with Crippen LogP contribution >= 0.6 is 0 Å². The molecule has 0 N–H and O–H groups in total. The maximum Gasteiger partial charge on any atom is 0.238 e. The summed E-state index contributed by atoms with van der Waals surface area (Å²) in [5.41, 5.74) is 13.0. The summed E-state index contributed by atoms with van der Waals surface area (Å²) in [6.45, 7) is 0. The molecule has 0 radical (unpaired) electrons. The zero-order chi connectivity index (χ0) is 41.4. The summed E-state index contributed by atoms with van der Waals surface area (Å²) in [4.78, 5) is 15.8. The minimum atomic E-state index is 0.529. The highest BCUT2D eigenvalue weighted by molar-refractivity contribution is 6.22. The molecule has 0 aliphatic carbocycles. The average molecular weight is 806 g/mol. The molecule has 294 valence electrons. The first-order valence-corrected chi connectivity index (χ1v) is 21.2. The van der Waals surface area contributed by atoms with E-state index in [0.29, 0.717) is 17.6 Å². The van der Waals surface area contributed by atoms with E-state index in [9.17, 15) is 0 Å². The smallest absolute Gasteiger partial charge is 0.238 e. The Bertz CT molecular complexity index is 3850. The zero-order valence-electron chi connectivity index (χ0n) is 33.9. The topological polar surface area (TPSA) is 61.7 Å². The van der Waals surface area contributed by atoms with E-state index in [-0.39, 0.29) is 0 Å². The first kappa shape index (κ1) is 35.2. The Balaban J connectivity index is 1.06. The van der Waals surface area contributed by atoms with E-state index in [1.54, 1.807) is 0 Å². The fraction of sp³-hybridized carbons (Fsp3) is 0. The molecule has 0 aliphatic heterocycles. The van der Waals surface area contributed by atoms with Crippen LogP contribution in [0.1, 0.15) is 0 Å². The van der Waals surface area contributed by atoms with Crippen LogP contribution in [0.3, 0.4) is 0 Å². The van der Waals surface area contributed by atoms with Gasteiger partial charge in [0.1, 0.15) is 5.58 Å². The largest absolute Gasteiger partial charge is 0.453 e. The molecule has 0 aliphatic rings. The summed E-state index contributed by atoms with van der Waals surface area (Å²) >= 11 is 0. The number of aromatic nitrogens is 5. The van der Waals surface area contributed by atoms with Crippen molar-refractivity contribution in [2.45, 2.75) is 0 Å². The fourth-order valence-corrected chi connectivity index (χ4v) is 9.50. The molecule has 0 spiro atoms. The van der Waals surface area contributed by atoms with E-state index in [2.05, 4.69) is 215 Å². The SMILES string of the molecule is c1ccc(-c2ccc(-c3nc(-c4cccc5c4oc4c5ccc5c6ccccc6n(-c6cccc(-c7ccccc7)c6)c54)nc(-n4c5ccccc5c5ccccc54)n3)cc2)cc1. The molecule has 9 aromatic carbocycles. The Labute approximate surface area is 361 Å². The third kappa shape index (κ3) is 5.55. The van der Waals surface area contributed by atoms with E-state index < -0.39 is 0 Å². The number of benzene rings is 9. The minimum absolute atomic E-state index is 0.529. The maximum absolute atomic E-state index is 7.21. The van der Waals surface area contributed by atoms with Gasteiger partial charge in [0.05, 0.1) is 27.6 Å². The number of fused-ring (bicyclic) bond motifs is 10. The second kappa shape index (κ2) is 14.0. The highest BCUT2D eigenvalue weighted by Crippen LogP contribution is 2.43. The van der Waals surface area contributed by atoms with Gasteiger partial charge in [-0.2, -0.15) is 9.97 Å². The summed E-state index contributed by atoms with van der Waals surface area (Å²) < 4.78 is 11.7. The van der Waals surface area contributed by atoms with Gasteiger partial charge < -0.3 is 8.98 Å². The third-order valence-corrected chi connectivity index (χ3v) is 12.4. The summed E-state index contributed by atoms with van der Waals surface area (Å²) in [6.07, 6.45) is 0. The lowest BCUT2D eigenvalue weighted by Gasteiger charge is -2.11. The van der Waals surface area contributed by atoms with Gasteiger partial charge in [-0.1, -0.05) is 170 Å². The Kier molecular flexibility index (Phi) is 7.80. The third-order valence-electron chi connectivity index (χ3n) is 12.4. The summed E-state index contributed by atoms with van der Waals surface area (Å²) in [5, 5.41) is 6.58. The van der Waals surface area contributed by atoms with Crippen molar-refractivity contribution in [2.24, 2.45) is 0 Å².